The van der Waals surface area contributed by atoms with Crippen LogP contribution in [0.15, 0.2) is 18.2 Å². The summed E-state index contributed by atoms with van der Waals surface area (Å²) in [5.74, 6) is 0.600. The SMILES string of the molecule is Cc1cccc2c1OCCC(N)C(=O)N2. The van der Waals surface area contributed by atoms with E-state index in [0.717, 1.165) is 11.3 Å². The van der Waals surface area contributed by atoms with Gasteiger partial charge in [0.25, 0.3) is 0 Å². The molecule has 4 nitrogen and oxygen atoms in total. The Labute approximate surface area is 88.4 Å². The third-order valence-corrected chi connectivity index (χ3v) is 2.48. The van der Waals surface area contributed by atoms with Crippen molar-refractivity contribution in [2.75, 3.05) is 11.9 Å². The minimum absolute atomic E-state index is 0.148. The number of hydrogen-bond donors (Lipinski definition) is 2. The molecule has 15 heavy (non-hydrogen) atoms. The van der Waals surface area contributed by atoms with Crippen LogP contribution in [0.1, 0.15) is 12.0 Å². The fraction of sp³-hybridized carbons (Fsp3) is 0.364. The van der Waals surface area contributed by atoms with Crippen molar-refractivity contribution in [1.82, 2.24) is 0 Å². The molecule has 1 heterocycles. The molecule has 0 spiro atoms. The number of benzene rings is 1. The fourth-order valence-electron chi connectivity index (χ4n) is 1.59. The van der Waals surface area contributed by atoms with Gasteiger partial charge in [0.05, 0.1) is 18.3 Å². The van der Waals surface area contributed by atoms with Gasteiger partial charge in [-0.3, -0.25) is 4.79 Å². The zero-order valence-corrected chi connectivity index (χ0v) is 8.62. The zero-order valence-electron chi connectivity index (χ0n) is 8.62. The van der Waals surface area contributed by atoms with Crippen LogP contribution < -0.4 is 15.8 Å². The minimum Gasteiger partial charge on any atom is -0.491 e. The van der Waals surface area contributed by atoms with Crippen LogP contribution in [0.2, 0.25) is 0 Å². The molecule has 0 radical (unpaired) electrons. The van der Waals surface area contributed by atoms with Crippen LogP contribution in [0.25, 0.3) is 0 Å². The summed E-state index contributed by atoms with van der Waals surface area (Å²) in [4.78, 5) is 11.5. The largest absolute Gasteiger partial charge is 0.491 e. The van der Waals surface area contributed by atoms with Gasteiger partial charge in [-0.15, -0.1) is 0 Å². The Bertz CT molecular complexity index is 390. The van der Waals surface area contributed by atoms with Crippen LogP contribution in [0, 0.1) is 6.92 Å². The highest BCUT2D eigenvalue weighted by molar-refractivity contribution is 5.96. The van der Waals surface area contributed by atoms with Crippen LogP contribution in [-0.4, -0.2) is 18.6 Å². The van der Waals surface area contributed by atoms with Crippen molar-refractivity contribution in [2.45, 2.75) is 19.4 Å². The number of anilines is 1. The molecule has 0 fully saturated rings. The summed E-state index contributed by atoms with van der Waals surface area (Å²) < 4.78 is 5.58. The summed E-state index contributed by atoms with van der Waals surface area (Å²) in [5, 5.41) is 2.76. The van der Waals surface area contributed by atoms with E-state index in [-0.39, 0.29) is 5.91 Å². The molecule has 0 bridgehead atoms. The summed E-state index contributed by atoms with van der Waals surface area (Å²) in [6.07, 6.45) is 0.541. The molecule has 4 heteroatoms. The molecular formula is C11H14N2O2. The average Bonchev–Trinajstić information content (AvgIpc) is 2.19. The third kappa shape index (κ3) is 1.94. The molecular weight excluding hydrogens is 192 g/mol. The predicted molar refractivity (Wildman–Crippen MR) is 57.9 cm³/mol. The van der Waals surface area contributed by atoms with Gasteiger partial charge in [0, 0.05) is 6.42 Å². The number of nitrogens with one attached hydrogen (secondary N) is 1. The molecule has 0 saturated carbocycles. The third-order valence-electron chi connectivity index (χ3n) is 2.48. The topological polar surface area (TPSA) is 64.3 Å². The summed E-state index contributed by atoms with van der Waals surface area (Å²) in [6, 6.07) is 5.16. The van der Waals surface area contributed by atoms with Crippen molar-refractivity contribution in [3.05, 3.63) is 23.8 Å². The second-order valence-electron chi connectivity index (χ2n) is 3.68. The number of rotatable bonds is 0. The monoisotopic (exact) mass is 206 g/mol. The number of amides is 1. The molecule has 0 aromatic heterocycles. The van der Waals surface area contributed by atoms with Crippen molar-refractivity contribution >= 4 is 11.6 Å². The van der Waals surface area contributed by atoms with Gasteiger partial charge in [-0.1, -0.05) is 12.1 Å². The second kappa shape index (κ2) is 3.90. The van der Waals surface area contributed by atoms with E-state index in [9.17, 15) is 4.79 Å². The first-order chi connectivity index (χ1) is 7.18. The van der Waals surface area contributed by atoms with E-state index in [1.54, 1.807) is 0 Å². The fourth-order valence-corrected chi connectivity index (χ4v) is 1.59. The van der Waals surface area contributed by atoms with Crippen molar-refractivity contribution in [3.8, 4) is 5.75 Å². The van der Waals surface area contributed by atoms with Crippen LogP contribution in [-0.2, 0) is 4.79 Å². The minimum atomic E-state index is -0.487. The summed E-state index contributed by atoms with van der Waals surface area (Å²) in [5.41, 5.74) is 7.37. The number of nitrogens with two attached hydrogens (primary N) is 1. The van der Waals surface area contributed by atoms with Gasteiger partial charge in [-0.05, 0) is 18.6 Å². The standard InChI is InChI=1S/C11H14N2O2/c1-7-3-2-4-9-10(7)15-6-5-8(12)11(14)13-9/h2-4,8H,5-6,12H2,1H3,(H,13,14). The maximum atomic E-state index is 11.5. The Morgan fingerprint density at radius 3 is 3.13 bits per heavy atom. The van der Waals surface area contributed by atoms with Gasteiger partial charge in [-0.2, -0.15) is 0 Å². The molecule has 2 rings (SSSR count). The maximum Gasteiger partial charge on any atom is 0.241 e. The summed E-state index contributed by atoms with van der Waals surface area (Å²) in [6.45, 7) is 2.43. The molecule has 1 amide bonds. The second-order valence-corrected chi connectivity index (χ2v) is 3.68. The van der Waals surface area contributed by atoms with Crippen LogP contribution >= 0.6 is 0 Å². The highest BCUT2D eigenvalue weighted by Gasteiger charge is 2.19. The molecule has 0 saturated heterocycles. The summed E-state index contributed by atoms with van der Waals surface area (Å²) in [7, 11) is 0. The Kier molecular flexibility index (Phi) is 2.60. The quantitative estimate of drug-likeness (QED) is 0.666. The van der Waals surface area contributed by atoms with Gasteiger partial charge in [0.2, 0.25) is 5.91 Å². The Morgan fingerprint density at radius 2 is 2.33 bits per heavy atom. The van der Waals surface area contributed by atoms with Crippen molar-refractivity contribution < 1.29 is 9.53 Å². The average molecular weight is 206 g/mol. The smallest absolute Gasteiger partial charge is 0.241 e. The van der Waals surface area contributed by atoms with E-state index in [2.05, 4.69) is 5.32 Å². The number of carbonyl (C=O) groups excluding carboxylic acids is 1. The molecule has 80 valence electrons. The Morgan fingerprint density at radius 1 is 1.53 bits per heavy atom. The van der Waals surface area contributed by atoms with Gasteiger partial charge in [0.1, 0.15) is 5.75 Å². The molecule has 1 atom stereocenters. The maximum absolute atomic E-state index is 11.5. The number of ether oxygens (including phenoxy) is 1. The van der Waals surface area contributed by atoms with Gasteiger partial charge < -0.3 is 15.8 Å². The highest BCUT2D eigenvalue weighted by Crippen LogP contribution is 2.29. The van der Waals surface area contributed by atoms with E-state index >= 15 is 0 Å². The molecule has 1 aromatic rings. The lowest BCUT2D eigenvalue weighted by Gasteiger charge is -2.20. The lowest BCUT2D eigenvalue weighted by Crippen LogP contribution is -2.38. The Balaban J connectivity index is 2.37. The molecule has 1 aromatic carbocycles. The van der Waals surface area contributed by atoms with E-state index < -0.39 is 6.04 Å². The van der Waals surface area contributed by atoms with E-state index in [1.807, 2.05) is 25.1 Å². The number of hydrogen-bond acceptors (Lipinski definition) is 3. The lowest BCUT2D eigenvalue weighted by molar-refractivity contribution is -0.117. The summed E-state index contributed by atoms with van der Waals surface area (Å²) >= 11 is 0. The van der Waals surface area contributed by atoms with E-state index in [4.69, 9.17) is 10.5 Å². The molecule has 0 aliphatic carbocycles. The Hall–Kier alpha value is -1.55. The van der Waals surface area contributed by atoms with Gasteiger partial charge in [0.15, 0.2) is 0 Å². The number of aryl methyl sites for hydroxylation is 1. The molecule has 1 aliphatic rings. The molecule has 1 unspecified atom stereocenters. The number of fused-ring (bicyclic) bond motifs is 1. The van der Waals surface area contributed by atoms with Crippen molar-refractivity contribution in [2.24, 2.45) is 5.73 Å². The van der Waals surface area contributed by atoms with E-state index in [0.29, 0.717) is 18.7 Å². The van der Waals surface area contributed by atoms with Crippen molar-refractivity contribution in [1.29, 1.82) is 0 Å². The van der Waals surface area contributed by atoms with Gasteiger partial charge in [-0.25, -0.2) is 0 Å². The van der Waals surface area contributed by atoms with Crippen LogP contribution in [0.3, 0.4) is 0 Å². The first kappa shape index (κ1) is 9.98. The first-order valence-electron chi connectivity index (χ1n) is 4.97. The van der Waals surface area contributed by atoms with Crippen LogP contribution in [0.4, 0.5) is 5.69 Å². The van der Waals surface area contributed by atoms with Crippen molar-refractivity contribution in [3.63, 3.8) is 0 Å². The van der Waals surface area contributed by atoms with E-state index in [1.165, 1.54) is 0 Å². The first-order valence-corrected chi connectivity index (χ1v) is 4.97. The van der Waals surface area contributed by atoms with Crippen LogP contribution in [0.5, 0.6) is 5.75 Å². The highest BCUT2D eigenvalue weighted by atomic mass is 16.5. The molecule has 1 aliphatic heterocycles. The predicted octanol–water partition coefficient (Wildman–Crippen LogP) is 1.04. The molecule has 3 N–H and O–H groups in total. The lowest BCUT2D eigenvalue weighted by atomic mass is 10.1. The van der Waals surface area contributed by atoms with Gasteiger partial charge >= 0.3 is 0 Å². The zero-order chi connectivity index (χ0) is 10.8. The number of para-hydroxylation sites is 1. The number of carbonyl (C=O) groups is 1. The normalized spacial score (nSPS) is 20.7.